The number of aromatic hydroxyl groups is 1. The van der Waals surface area contributed by atoms with E-state index < -0.39 is 0 Å². The molecule has 17 heavy (non-hydrogen) atoms. The summed E-state index contributed by atoms with van der Waals surface area (Å²) in [7, 11) is 1.40. The average Bonchev–Trinajstić information content (AvgIpc) is 2.35. The molecule has 0 spiro atoms. The first kappa shape index (κ1) is 12.6. The number of methoxy groups -OCH3 is 1. The van der Waals surface area contributed by atoms with Crippen LogP contribution in [0, 0.1) is 0 Å². The molecule has 1 N–H and O–H groups in total. The van der Waals surface area contributed by atoms with Gasteiger partial charge in [-0.2, -0.15) is 0 Å². The van der Waals surface area contributed by atoms with Gasteiger partial charge in [-0.15, -0.1) is 0 Å². The topological polar surface area (TPSA) is 95.3 Å². The highest BCUT2D eigenvalue weighted by atomic mass is 16.5. The Kier molecular flexibility index (Phi) is 4.59. The quantitative estimate of drug-likeness (QED) is 0.366. The first-order chi connectivity index (χ1) is 8.24. The van der Waals surface area contributed by atoms with Crippen LogP contribution in [0.15, 0.2) is 23.3 Å². The van der Waals surface area contributed by atoms with Crippen LogP contribution in [0.25, 0.3) is 16.5 Å². The van der Waals surface area contributed by atoms with Gasteiger partial charge in [-0.1, -0.05) is 23.3 Å². The lowest BCUT2D eigenvalue weighted by Gasteiger charge is -2.07. The highest BCUT2D eigenvalue weighted by Gasteiger charge is 2.10. The number of hydrogen-bond donors (Lipinski definition) is 1. The largest absolute Gasteiger partial charge is 0.504 e. The second-order valence-electron chi connectivity index (χ2n) is 3.05. The molecular formula is C11H11N3O3. The van der Waals surface area contributed by atoms with Gasteiger partial charge in [-0.3, -0.25) is 4.79 Å². The molecule has 6 heteroatoms. The predicted octanol–water partition coefficient (Wildman–Crippen LogP) is 2.54. The molecule has 0 fully saturated rings. The first-order valence-electron chi connectivity index (χ1n) is 4.77. The van der Waals surface area contributed by atoms with E-state index in [9.17, 15) is 9.90 Å². The molecule has 0 saturated heterocycles. The van der Waals surface area contributed by atoms with Crippen molar-refractivity contribution in [1.29, 1.82) is 0 Å². The van der Waals surface area contributed by atoms with Gasteiger partial charge in [-0.25, -0.2) is 0 Å². The number of carbonyl (C=O) groups is 1. The minimum Gasteiger partial charge on any atom is -0.504 e. The zero-order valence-electron chi connectivity index (χ0n) is 9.20. The molecule has 0 aliphatic carbocycles. The van der Waals surface area contributed by atoms with E-state index in [-0.39, 0.29) is 23.6 Å². The fourth-order valence-electron chi connectivity index (χ4n) is 1.30. The molecule has 0 amide bonds. The first-order valence-corrected chi connectivity index (χ1v) is 4.77. The summed E-state index contributed by atoms with van der Waals surface area (Å²) >= 11 is 0. The van der Waals surface area contributed by atoms with Crippen LogP contribution >= 0.6 is 0 Å². The van der Waals surface area contributed by atoms with Gasteiger partial charge < -0.3 is 9.84 Å². The van der Waals surface area contributed by atoms with Crippen LogP contribution in [0.4, 0.5) is 0 Å². The molecule has 0 heterocycles. The normalized spacial score (nSPS) is 9.94. The van der Waals surface area contributed by atoms with Crippen molar-refractivity contribution in [2.45, 2.75) is 0 Å². The third-order valence-corrected chi connectivity index (χ3v) is 2.10. The van der Waals surface area contributed by atoms with Crippen molar-refractivity contribution in [3.05, 3.63) is 39.8 Å². The van der Waals surface area contributed by atoms with Crippen molar-refractivity contribution in [2.24, 2.45) is 5.11 Å². The van der Waals surface area contributed by atoms with E-state index in [0.717, 1.165) is 0 Å². The Morgan fingerprint density at radius 2 is 2.35 bits per heavy atom. The summed E-state index contributed by atoms with van der Waals surface area (Å²) in [5.74, 6) is 0.0349. The number of aldehydes is 1. The maximum absolute atomic E-state index is 10.9. The summed E-state index contributed by atoms with van der Waals surface area (Å²) in [5.41, 5.74) is 8.76. The van der Waals surface area contributed by atoms with E-state index in [1.165, 1.54) is 7.11 Å². The lowest BCUT2D eigenvalue weighted by molar-refractivity contribution is 0.112. The number of ether oxygens (including phenoxy) is 1. The number of carbonyl (C=O) groups excluding carboxylic acids is 1. The molecule has 0 aromatic heterocycles. The van der Waals surface area contributed by atoms with Crippen molar-refractivity contribution in [2.75, 3.05) is 13.7 Å². The summed E-state index contributed by atoms with van der Waals surface area (Å²) in [6.07, 6.45) is 3.73. The molecule has 0 atom stereocenters. The maximum Gasteiger partial charge on any atom is 0.168 e. The van der Waals surface area contributed by atoms with Crippen molar-refractivity contribution >= 4 is 12.4 Å². The summed E-state index contributed by atoms with van der Waals surface area (Å²) in [6, 6.07) is 3.18. The Hall–Kier alpha value is -2.46. The van der Waals surface area contributed by atoms with Gasteiger partial charge in [0.15, 0.2) is 17.8 Å². The average molecular weight is 233 g/mol. The summed E-state index contributed by atoms with van der Waals surface area (Å²) in [6.45, 7) is 0.182. The molecule has 0 radical (unpaired) electrons. The minimum absolute atomic E-state index is 0.140. The van der Waals surface area contributed by atoms with Crippen LogP contribution in [0.1, 0.15) is 15.9 Å². The number of phenolic OH excluding ortho intramolecular Hbond substituents is 1. The number of hydrogen-bond acceptors (Lipinski definition) is 4. The molecule has 0 bridgehead atoms. The number of rotatable bonds is 5. The van der Waals surface area contributed by atoms with Crippen molar-refractivity contribution in [1.82, 2.24) is 0 Å². The van der Waals surface area contributed by atoms with Crippen molar-refractivity contribution in [3.8, 4) is 11.5 Å². The monoisotopic (exact) mass is 233 g/mol. The third-order valence-electron chi connectivity index (χ3n) is 2.10. The minimum atomic E-state index is -0.201. The van der Waals surface area contributed by atoms with Gasteiger partial charge in [0.05, 0.1) is 12.7 Å². The van der Waals surface area contributed by atoms with E-state index in [2.05, 4.69) is 10.0 Å². The highest BCUT2D eigenvalue weighted by molar-refractivity contribution is 5.87. The Morgan fingerprint density at radius 1 is 1.59 bits per heavy atom. The van der Waals surface area contributed by atoms with E-state index >= 15 is 0 Å². The SMILES string of the molecule is COc1ccc(C=CCN=[N+]=[N-])c(C=O)c1O. The third kappa shape index (κ3) is 2.99. The number of benzene rings is 1. The standard InChI is InChI=1S/C11H11N3O3/c1-17-10-5-4-8(3-2-6-13-14-12)9(7-15)11(10)16/h2-5,7,16H,6H2,1H3. The fraction of sp³-hybridized carbons (Fsp3) is 0.182. The number of phenols is 1. The Balaban J connectivity index is 3.08. The molecule has 6 nitrogen and oxygen atoms in total. The summed E-state index contributed by atoms with van der Waals surface area (Å²) in [5, 5.41) is 13.0. The fourth-order valence-corrected chi connectivity index (χ4v) is 1.30. The van der Waals surface area contributed by atoms with E-state index in [4.69, 9.17) is 10.3 Å². The molecule has 0 aliphatic rings. The van der Waals surface area contributed by atoms with E-state index in [1.54, 1.807) is 24.3 Å². The molecular weight excluding hydrogens is 222 g/mol. The van der Waals surface area contributed by atoms with E-state index in [0.29, 0.717) is 11.8 Å². The Morgan fingerprint density at radius 3 is 2.94 bits per heavy atom. The van der Waals surface area contributed by atoms with Gasteiger partial charge in [0.2, 0.25) is 0 Å². The molecule has 0 unspecified atom stereocenters. The second-order valence-corrected chi connectivity index (χ2v) is 3.05. The van der Waals surface area contributed by atoms with Crippen LogP contribution in [0.2, 0.25) is 0 Å². The van der Waals surface area contributed by atoms with E-state index in [1.807, 2.05) is 0 Å². The van der Waals surface area contributed by atoms with Crippen LogP contribution < -0.4 is 4.74 Å². The molecule has 1 rings (SSSR count). The van der Waals surface area contributed by atoms with Crippen LogP contribution in [0.3, 0.4) is 0 Å². The molecule has 1 aromatic carbocycles. The van der Waals surface area contributed by atoms with Crippen molar-refractivity contribution < 1.29 is 14.6 Å². The number of azide groups is 1. The Bertz CT molecular complexity index is 491. The molecule has 0 aliphatic heterocycles. The zero-order valence-corrected chi connectivity index (χ0v) is 9.20. The van der Waals surface area contributed by atoms with Gasteiger partial charge in [0.25, 0.3) is 0 Å². The predicted molar refractivity (Wildman–Crippen MR) is 63.1 cm³/mol. The Labute approximate surface area is 97.8 Å². The highest BCUT2D eigenvalue weighted by Crippen LogP contribution is 2.31. The van der Waals surface area contributed by atoms with Gasteiger partial charge >= 0.3 is 0 Å². The second kappa shape index (κ2) is 6.19. The molecule has 1 aromatic rings. The van der Waals surface area contributed by atoms with Gasteiger partial charge in [-0.05, 0) is 17.2 Å². The molecule has 88 valence electrons. The smallest absolute Gasteiger partial charge is 0.168 e. The van der Waals surface area contributed by atoms with Gasteiger partial charge in [0.1, 0.15) is 0 Å². The molecule has 0 saturated carbocycles. The van der Waals surface area contributed by atoms with Crippen LogP contribution in [0.5, 0.6) is 11.5 Å². The maximum atomic E-state index is 10.9. The number of nitrogens with zero attached hydrogens (tertiary/aromatic N) is 3. The van der Waals surface area contributed by atoms with Crippen LogP contribution in [-0.2, 0) is 0 Å². The summed E-state index contributed by atoms with van der Waals surface area (Å²) < 4.78 is 4.89. The summed E-state index contributed by atoms with van der Waals surface area (Å²) in [4.78, 5) is 13.5. The lowest BCUT2D eigenvalue weighted by Crippen LogP contribution is -1.91. The van der Waals surface area contributed by atoms with Gasteiger partial charge in [0, 0.05) is 11.5 Å². The lowest BCUT2D eigenvalue weighted by atomic mass is 10.1. The van der Waals surface area contributed by atoms with Crippen molar-refractivity contribution in [3.63, 3.8) is 0 Å². The zero-order chi connectivity index (χ0) is 12.7. The van der Waals surface area contributed by atoms with Crippen LogP contribution in [-0.4, -0.2) is 25.0 Å².